The lowest BCUT2D eigenvalue weighted by atomic mass is 9.80. The third-order valence-corrected chi connectivity index (χ3v) is 3.77. The Balaban J connectivity index is 2.74. The number of nitrogens with two attached hydrogens (primary N) is 1. The molecule has 0 spiro atoms. The average Bonchev–Trinajstić information content (AvgIpc) is 2.45. The van der Waals surface area contributed by atoms with Crippen LogP contribution in [-0.2, 0) is 4.79 Å². The van der Waals surface area contributed by atoms with Crippen molar-refractivity contribution in [1.82, 2.24) is 4.90 Å². The topological polar surface area (TPSA) is 78.9 Å². The highest BCUT2D eigenvalue weighted by Gasteiger charge is 2.44. The van der Waals surface area contributed by atoms with Gasteiger partial charge in [-0.25, -0.2) is 0 Å². The van der Waals surface area contributed by atoms with E-state index in [2.05, 4.69) is 5.16 Å². The van der Waals surface area contributed by atoms with Gasteiger partial charge < -0.3 is 15.8 Å². The Morgan fingerprint density at radius 3 is 2.62 bits per heavy atom. The maximum Gasteiger partial charge on any atom is 0.391 e. The third-order valence-electron chi connectivity index (χ3n) is 3.77. The fraction of sp³-hybridized carbons (Fsp3) is 0.846. The monoisotopic (exact) mass is 309 g/mol. The first kappa shape index (κ1) is 17.6. The first-order chi connectivity index (χ1) is 9.79. The Bertz CT molecular complexity index is 385. The summed E-state index contributed by atoms with van der Waals surface area (Å²) in [5.41, 5.74) is 5.39. The van der Waals surface area contributed by atoms with Crippen molar-refractivity contribution >= 4 is 11.7 Å². The zero-order valence-electron chi connectivity index (χ0n) is 12.1. The summed E-state index contributed by atoms with van der Waals surface area (Å²) in [6, 6.07) is 0. The zero-order valence-corrected chi connectivity index (χ0v) is 12.1. The number of hydrogen-bond donors (Lipinski definition) is 2. The van der Waals surface area contributed by atoms with Crippen LogP contribution >= 0.6 is 0 Å². The molecule has 3 N–H and O–H groups in total. The van der Waals surface area contributed by atoms with Crippen molar-refractivity contribution in [3.05, 3.63) is 0 Å². The van der Waals surface area contributed by atoms with Gasteiger partial charge in [-0.2, -0.15) is 13.2 Å². The summed E-state index contributed by atoms with van der Waals surface area (Å²) in [6.45, 7) is 2.17. The van der Waals surface area contributed by atoms with Gasteiger partial charge in [0, 0.05) is 12.5 Å². The molecular formula is C13H22F3N3O2. The van der Waals surface area contributed by atoms with Crippen molar-refractivity contribution in [3.63, 3.8) is 0 Å². The van der Waals surface area contributed by atoms with Crippen molar-refractivity contribution in [2.24, 2.45) is 22.7 Å². The maximum absolute atomic E-state index is 12.8. The number of carbonyl (C=O) groups is 1. The van der Waals surface area contributed by atoms with E-state index in [9.17, 15) is 18.0 Å². The van der Waals surface area contributed by atoms with E-state index < -0.39 is 18.0 Å². The number of nitrogens with zero attached hydrogens (tertiary/aromatic N) is 2. The number of amidine groups is 1. The minimum Gasteiger partial charge on any atom is -0.409 e. The van der Waals surface area contributed by atoms with Crippen molar-refractivity contribution in [2.45, 2.75) is 45.2 Å². The molecule has 0 aromatic rings. The summed E-state index contributed by atoms with van der Waals surface area (Å²) in [4.78, 5) is 13.8. The van der Waals surface area contributed by atoms with E-state index in [-0.39, 0.29) is 31.1 Å². The molecule has 0 radical (unpaired) electrons. The van der Waals surface area contributed by atoms with Crippen LogP contribution in [0.1, 0.15) is 39.0 Å². The zero-order chi connectivity index (χ0) is 16.0. The maximum atomic E-state index is 12.8. The van der Waals surface area contributed by atoms with E-state index in [0.29, 0.717) is 25.8 Å². The Labute approximate surface area is 122 Å². The van der Waals surface area contributed by atoms with Gasteiger partial charge in [0.05, 0.1) is 12.5 Å². The fourth-order valence-corrected chi connectivity index (χ4v) is 2.73. The van der Waals surface area contributed by atoms with E-state index in [1.165, 1.54) is 4.90 Å². The number of oxime groups is 1. The van der Waals surface area contributed by atoms with E-state index in [4.69, 9.17) is 10.9 Å². The van der Waals surface area contributed by atoms with Crippen molar-refractivity contribution in [3.8, 4) is 0 Å². The lowest BCUT2D eigenvalue weighted by molar-refractivity contribution is -0.187. The van der Waals surface area contributed by atoms with Crippen LogP contribution in [0.2, 0.25) is 0 Å². The molecule has 1 fully saturated rings. The van der Waals surface area contributed by atoms with Crippen LogP contribution in [0.25, 0.3) is 0 Å². The molecule has 2 atom stereocenters. The molecule has 122 valence electrons. The van der Waals surface area contributed by atoms with Crippen LogP contribution in [0.3, 0.4) is 0 Å². The molecule has 1 aliphatic carbocycles. The molecule has 1 rings (SSSR count). The lowest BCUT2D eigenvalue weighted by Gasteiger charge is -2.33. The second kappa shape index (κ2) is 7.51. The standard InChI is InChI=1S/C13H22F3N3O2/c1-2-6-19(8-11(17)18-21)12(20)9-4-3-5-10(7-9)13(14,15)16/h9-10,21H,2-8H2,1H3,(H2,17,18). The van der Waals surface area contributed by atoms with Gasteiger partial charge in [-0.3, -0.25) is 4.79 Å². The molecule has 0 bridgehead atoms. The summed E-state index contributed by atoms with van der Waals surface area (Å²) in [5, 5.41) is 11.4. The molecule has 1 amide bonds. The van der Waals surface area contributed by atoms with Crippen LogP contribution in [0.5, 0.6) is 0 Å². The Morgan fingerprint density at radius 1 is 1.43 bits per heavy atom. The number of halogens is 3. The number of alkyl halides is 3. The molecule has 5 nitrogen and oxygen atoms in total. The fourth-order valence-electron chi connectivity index (χ4n) is 2.73. The van der Waals surface area contributed by atoms with Gasteiger partial charge in [0.15, 0.2) is 5.84 Å². The average molecular weight is 309 g/mol. The summed E-state index contributed by atoms with van der Waals surface area (Å²) in [6.07, 6.45) is -2.83. The predicted octanol–water partition coefficient (Wildman–Crippen LogP) is 2.34. The highest BCUT2D eigenvalue weighted by molar-refractivity contribution is 5.87. The van der Waals surface area contributed by atoms with Crippen molar-refractivity contribution in [2.75, 3.05) is 13.1 Å². The highest BCUT2D eigenvalue weighted by atomic mass is 19.4. The number of rotatable bonds is 5. The first-order valence-corrected chi connectivity index (χ1v) is 7.11. The van der Waals surface area contributed by atoms with Gasteiger partial charge in [0.25, 0.3) is 0 Å². The normalized spacial score (nSPS) is 23.9. The lowest BCUT2D eigenvalue weighted by Crippen LogP contribution is -2.44. The minimum atomic E-state index is -4.25. The van der Waals surface area contributed by atoms with Crippen LogP contribution in [-0.4, -0.2) is 41.1 Å². The van der Waals surface area contributed by atoms with Crippen LogP contribution in [0, 0.1) is 11.8 Å². The summed E-state index contributed by atoms with van der Waals surface area (Å²) in [5.74, 6) is -2.51. The molecule has 1 aliphatic rings. The Morgan fingerprint density at radius 2 is 2.10 bits per heavy atom. The van der Waals surface area contributed by atoms with Crippen molar-refractivity contribution in [1.29, 1.82) is 0 Å². The van der Waals surface area contributed by atoms with E-state index in [1.54, 1.807) is 0 Å². The van der Waals surface area contributed by atoms with Gasteiger partial charge in [0.2, 0.25) is 5.91 Å². The van der Waals surface area contributed by atoms with Gasteiger partial charge >= 0.3 is 6.18 Å². The largest absolute Gasteiger partial charge is 0.409 e. The molecule has 0 aromatic heterocycles. The number of amides is 1. The smallest absolute Gasteiger partial charge is 0.391 e. The summed E-state index contributed by atoms with van der Waals surface area (Å²) >= 11 is 0. The second-order valence-corrected chi connectivity index (χ2v) is 5.45. The Hall–Kier alpha value is -1.47. The third kappa shape index (κ3) is 5.09. The summed E-state index contributed by atoms with van der Waals surface area (Å²) < 4.78 is 38.4. The van der Waals surface area contributed by atoms with E-state index in [0.717, 1.165) is 0 Å². The molecular weight excluding hydrogens is 287 g/mol. The molecule has 0 heterocycles. The molecule has 8 heteroatoms. The predicted molar refractivity (Wildman–Crippen MR) is 71.8 cm³/mol. The summed E-state index contributed by atoms with van der Waals surface area (Å²) in [7, 11) is 0. The molecule has 1 saturated carbocycles. The highest BCUT2D eigenvalue weighted by Crippen LogP contribution is 2.40. The van der Waals surface area contributed by atoms with Gasteiger partial charge in [-0.05, 0) is 25.7 Å². The van der Waals surface area contributed by atoms with Crippen molar-refractivity contribution < 1.29 is 23.2 Å². The molecule has 0 saturated heterocycles. The molecule has 21 heavy (non-hydrogen) atoms. The van der Waals surface area contributed by atoms with E-state index in [1.807, 2.05) is 6.92 Å². The van der Waals surface area contributed by atoms with E-state index >= 15 is 0 Å². The molecule has 2 unspecified atom stereocenters. The SMILES string of the molecule is CCCN(CC(N)=NO)C(=O)C1CCCC(C(F)(F)F)C1. The molecule has 0 aliphatic heterocycles. The van der Waals surface area contributed by atoms with Gasteiger partial charge in [-0.15, -0.1) is 0 Å². The van der Waals surface area contributed by atoms with Crippen LogP contribution in [0.15, 0.2) is 5.16 Å². The minimum absolute atomic E-state index is 0.0592. The number of carbonyl (C=O) groups excluding carboxylic acids is 1. The number of hydrogen-bond acceptors (Lipinski definition) is 3. The molecule has 0 aromatic carbocycles. The van der Waals surface area contributed by atoms with Crippen LogP contribution < -0.4 is 5.73 Å². The second-order valence-electron chi connectivity index (χ2n) is 5.45. The first-order valence-electron chi connectivity index (χ1n) is 7.11. The Kier molecular flexibility index (Phi) is 6.29. The quantitative estimate of drug-likeness (QED) is 0.354. The van der Waals surface area contributed by atoms with Crippen LogP contribution in [0.4, 0.5) is 13.2 Å². The van der Waals surface area contributed by atoms with Gasteiger partial charge in [-0.1, -0.05) is 18.5 Å². The van der Waals surface area contributed by atoms with Gasteiger partial charge in [0.1, 0.15) is 0 Å².